The minimum absolute atomic E-state index is 0. The number of rotatable bonds is 5. The van der Waals surface area contributed by atoms with Gasteiger partial charge >= 0.3 is 0 Å². The molecular formula is C16H32ClN3O. The molecule has 0 aromatic heterocycles. The van der Waals surface area contributed by atoms with E-state index in [1.54, 1.807) is 0 Å². The van der Waals surface area contributed by atoms with Crippen molar-refractivity contribution < 1.29 is 4.79 Å². The first-order valence-electron chi connectivity index (χ1n) is 8.44. The van der Waals surface area contributed by atoms with E-state index in [1.165, 1.54) is 51.4 Å². The number of hydrogen-bond donors (Lipinski definition) is 2. The molecule has 1 aliphatic heterocycles. The second-order valence-corrected chi connectivity index (χ2v) is 6.56. The van der Waals surface area contributed by atoms with Crippen LogP contribution in [0, 0.1) is 5.92 Å². The molecule has 4 nitrogen and oxygen atoms in total. The summed E-state index contributed by atoms with van der Waals surface area (Å²) in [5, 5.41) is 6.51. The molecule has 1 heterocycles. The van der Waals surface area contributed by atoms with Crippen molar-refractivity contribution in [2.45, 2.75) is 57.4 Å². The molecule has 1 saturated heterocycles. The summed E-state index contributed by atoms with van der Waals surface area (Å²) in [5.74, 6) is 0.946. The number of carbonyl (C=O) groups excluding carboxylic acids is 1. The Kier molecular flexibility index (Phi) is 9.29. The van der Waals surface area contributed by atoms with Gasteiger partial charge in [-0.2, -0.15) is 0 Å². The number of hydrogen-bond acceptors (Lipinski definition) is 3. The van der Waals surface area contributed by atoms with Gasteiger partial charge in [-0.3, -0.25) is 9.69 Å². The number of amides is 1. The number of piperidine rings is 1. The van der Waals surface area contributed by atoms with Crippen molar-refractivity contribution in [1.29, 1.82) is 0 Å². The van der Waals surface area contributed by atoms with Gasteiger partial charge in [-0.05, 0) is 51.7 Å². The standard InChI is InChI=1S/C16H31N3O.ClH/c1-17-11-14-7-6-10-19(12-14)13-16(20)18-15-8-4-2-3-5-9-15;/h14-15,17H,2-13H2,1H3,(H,18,20);1H. The zero-order valence-electron chi connectivity index (χ0n) is 13.4. The monoisotopic (exact) mass is 317 g/mol. The van der Waals surface area contributed by atoms with Gasteiger partial charge in [-0.1, -0.05) is 25.7 Å². The summed E-state index contributed by atoms with van der Waals surface area (Å²) in [6, 6.07) is 0.433. The number of halogens is 1. The summed E-state index contributed by atoms with van der Waals surface area (Å²) in [5.41, 5.74) is 0. The van der Waals surface area contributed by atoms with Crippen molar-refractivity contribution >= 4 is 18.3 Å². The summed E-state index contributed by atoms with van der Waals surface area (Å²) in [7, 11) is 2.01. The average molecular weight is 318 g/mol. The van der Waals surface area contributed by atoms with Crippen molar-refractivity contribution in [2.24, 2.45) is 5.92 Å². The van der Waals surface area contributed by atoms with Crippen LogP contribution in [0.2, 0.25) is 0 Å². The summed E-state index contributed by atoms with van der Waals surface area (Å²) < 4.78 is 0. The molecule has 1 amide bonds. The van der Waals surface area contributed by atoms with Crippen LogP contribution in [-0.4, -0.2) is 50.1 Å². The first-order chi connectivity index (χ1) is 9.78. The lowest BCUT2D eigenvalue weighted by Crippen LogP contribution is -2.46. The molecule has 0 spiro atoms. The van der Waals surface area contributed by atoms with Gasteiger partial charge in [0.05, 0.1) is 6.54 Å². The molecule has 2 rings (SSSR count). The maximum absolute atomic E-state index is 12.2. The normalized spacial score (nSPS) is 24.9. The van der Waals surface area contributed by atoms with E-state index in [0.29, 0.717) is 18.5 Å². The predicted octanol–water partition coefficient (Wildman–Crippen LogP) is 2.18. The molecule has 1 unspecified atom stereocenters. The molecule has 0 aromatic rings. The van der Waals surface area contributed by atoms with Gasteiger partial charge in [-0.15, -0.1) is 12.4 Å². The predicted molar refractivity (Wildman–Crippen MR) is 90.0 cm³/mol. The molecule has 21 heavy (non-hydrogen) atoms. The maximum Gasteiger partial charge on any atom is 0.234 e. The van der Waals surface area contributed by atoms with Gasteiger partial charge < -0.3 is 10.6 Å². The van der Waals surface area contributed by atoms with Gasteiger partial charge in [0.2, 0.25) is 5.91 Å². The summed E-state index contributed by atoms with van der Waals surface area (Å²) >= 11 is 0. The molecular weight excluding hydrogens is 286 g/mol. The molecule has 2 fully saturated rings. The molecule has 2 N–H and O–H groups in total. The Morgan fingerprint density at radius 2 is 1.81 bits per heavy atom. The van der Waals surface area contributed by atoms with Crippen LogP contribution in [0.4, 0.5) is 0 Å². The quantitative estimate of drug-likeness (QED) is 0.764. The Hall–Kier alpha value is -0.320. The Balaban J connectivity index is 0.00000220. The third kappa shape index (κ3) is 6.98. The van der Waals surface area contributed by atoms with Crippen molar-refractivity contribution in [1.82, 2.24) is 15.5 Å². The topological polar surface area (TPSA) is 44.4 Å². The fraction of sp³-hybridized carbons (Fsp3) is 0.938. The van der Waals surface area contributed by atoms with Gasteiger partial charge in [0.25, 0.3) is 0 Å². The Morgan fingerprint density at radius 3 is 2.48 bits per heavy atom. The van der Waals surface area contributed by atoms with Gasteiger partial charge in [0.1, 0.15) is 0 Å². The van der Waals surface area contributed by atoms with Crippen LogP contribution < -0.4 is 10.6 Å². The smallest absolute Gasteiger partial charge is 0.234 e. The van der Waals surface area contributed by atoms with Gasteiger partial charge in [0.15, 0.2) is 0 Å². The fourth-order valence-electron chi connectivity index (χ4n) is 3.65. The van der Waals surface area contributed by atoms with Gasteiger partial charge in [-0.25, -0.2) is 0 Å². The number of likely N-dealkylation sites (tertiary alicyclic amines) is 1. The van der Waals surface area contributed by atoms with E-state index >= 15 is 0 Å². The molecule has 0 aromatic carbocycles. The lowest BCUT2D eigenvalue weighted by molar-refractivity contribution is -0.123. The Bertz CT molecular complexity index is 291. The zero-order valence-corrected chi connectivity index (χ0v) is 14.2. The minimum Gasteiger partial charge on any atom is -0.352 e. The second kappa shape index (κ2) is 10.4. The van der Waals surface area contributed by atoms with Gasteiger partial charge in [0, 0.05) is 12.6 Å². The van der Waals surface area contributed by atoms with Crippen LogP contribution >= 0.6 is 12.4 Å². The number of carbonyl (C=O) groups is 1. The second-order valence-electron chi connectivity index (χ2n) is 6.56. The average Bonchev–Trinajstić information content (AvgIpc) is 2.68. The SMILES string of the molecule is CNCC1CCCN(CC(=O)NC2CCCCCC2)C1.Cl. The van der Waals surface area contributed by atoms with Crippen LogP contribution in [0.5, 0.6) is 0 Å². The Morgan fingerprint density at radius 1 is 1.10 bits per heavy atom. The fourth-order valence-corrected chi connectivity index (χ4v) is 3.65. The molecule has 0 bridgehead atoms. The van der Waals surface area contributed by atoms with E-state index in [0.717, 1.165) is 19.6 Å². The summed E-state index contributed by atoms with van der Waals surface area (Å²) in [6.07, 6.45) is 10.1. The number of nitrogens with one attached hydrogen (secondary N) is 2. The highest BCUT2D eigenvalue weighted by molar-refractivity contribution is 5.85. The third-order valence-corrected chi connectivity index (χ3v) is 4.68. The van der Waals surface area contributed by atoms with E-state index in [9.17, 15) is 4.79 Å². The summed E-state index contributed by atoms with van der Waals surface area (Å²) in [4.78, 5) is 14.5. The molecule has 124 valence electrons. The first kappa shape index (κ1) is 18.7. The minimum atomic E-state index is 0. The maximum atomic E-state index is 12.2. The number of nitrogens with zero attached hydrogens (tertiary/aromatic N) is 1. The molecule has 1 atom stereocenters. The Labute approximate surface area is 135 Å². The van der Waals surface area contributed by atoms with E-state index < -0.39 is 0 Å². The first-order valence-corrected chi connectivity index (χ1v) is 8.44. The van der Waals surface area contributed by atoms with Crippen LogP contribution in [0.25, 0.3) is 0 Å². The van der Waals surface area contributed by atoms with E-state index in [2.05, 4.69) is 15.5 Å². The molecule has 5 heteroatoms. The largest absolute Gasteiger partial charge is 0.352 e. The van der Waals surface area contributed by atoms with Crippen LogP contribution in [0.15, 0.2) is 0 Å². The van der Waals surface area contributed by atoms with Crippen LogP contribution in [0.3, 0.4) is 0 Å². The molecule has 1 aliphatic carbocycles. The highest BCUT2D eigenvalue weighted by Crippen LogP contribution is 2.18. The highest BCUT2D eigenvalue weighted by atomic mass is 35.5. The molecule has 1 saturated carbocycles. The van der Waals surface area contributed by atoms with Crippen molar-refractivity contribution in [2.75, 3.05) is 33.2 Å². The van der Waals surface area contributed by atoms with Crippen LogP contribution in [-0.2, 0) is 4.79 Å². The van der Waals surface area contributed by atoms with E-state index in [-0.39, 0.29) is 18.3 Å². The highest BCUT2D eigenvalue weighted by Gasteiger charge is 2.22. The molecule has 0 radical (unpaired) electrons. The lowest BCUT2D eigenvalue weighted by Gasteiger charge is -2.32. The molecule has 2 aliphatic rings. The van der Waals surface area contributed by atoms with Crippen LogP contribution in [0.1, 0.15) is 51.4 Å². The lowest BCUT2D eigenvalue weighted by atomic mass is 9.98. The third-order valence-electron chi connectivity index (χ3n) is 4.68. The summed E-state index contributed by atoms with van der Waals surface area (Å²) in [6.45, 7) is 3.81. The van der Waals surface area contributed by atoms with E-state index in [4.69, 9.17) is 0 Å². The zero-order chi connectivity index (χ0) is 14.2. The van der Waals surface area contributed by atoms with Crippen molar-refractivity contribution in [3.63, 3.8) is 0 Å². The van der Waals surface area contributed by atoms with E-state index in [1.807, 2.05) is 7.05 Å². The van der Waals surface area contributed by atoms with Crippen molar-refractivity contribution in [3.05, 3.63) is 0 Å². The van der Waals surface area contributed by atoms with Crippen molar-refractivity contribution in [3.8, 4) is 0 Å².